The number of rotatable bonds is 17. The van der Waals surface area contributed by atoms with Crippen molar-refractivity contribution < 1.29 is 40.9 Å². The molecule has 6 aromatic rings. The number of ether oxygens (including phenoxy) is 1. The number of aromatic nitrogens is 1. The van der Waals surface area contributed by atoms with Crippen LogP contribution in [-0.4, -0.2) is 79.1 Å². The van der Waals surface area contributed by atoms with Crippen molar-refractivity contribution in [2.75, 3.05) is 64.7 Å². The van der Waals surface area contributed by atoms with E-state index >= 15 is 0 Å². The van der Waals surface area contributed by atoms with Crippen LogP contribution in [0.5, 0.6) is 0 Å². The number of benzene rings is 5. The molecule has 0 amide bonds. The van der Waals surface area contributed by atoms with E-state index in [1.807, 2.05) is 106 Å². The number of sulfone groups is 1. The van der Waals surface area contributed by atoms with E-state index in [4.69, 9.17) is 16.3 Å². The Morgan fingerprint density at radius 2 is 1.50 bits per heavy atom. The summed E-state index contributed by atoms with van der Waals surface area (Å²) in [4.78, 5) is 37.9. The number of nitrogens with zero attached hydrogens (tertiary/aromatic N) is 3. The van der Waals surface area contributed by atoms with Crippen molar-refractivity contribution in [2.45, 2.75) is 47.0 Å². The van der Waals surface area contributed by atoms with Gasteiger partial charge < -0.3 is 38.9 Å². The second kappa shape index (κ2) is 21.4. The maximum Gasteiger partial charge on any atom is 0.501 e. The highest BCUT2D eigenvalue weighted by Gasteiger charge is 2.48. The van der Waals surface area contributed by atoms with Gasteiger partial charge in [0.15, 0.2) is 6.35 Å². The summed E-state index contributed by atoms with van der Waals surface area (Å²) < 4.78 is 77.3. The Bertz CT molecular complexity index is 2740. The number of carbonyl (C=O) groups is 1. The van der Waals surface area contributed by atoms with Crippen molar-refractivity contribution in [3.05, 3.63) is 138 Å². The van der Waals surface area contributed by atoms with Crippen LogP contribution >= 0.6 is 43.7 Å². The normalized spacial score (nSPS) is 13.4. The molecule has 1 aromatic heterocycles. The van der Waals surface area contributed by atoms with E-state index in [9.17, 15) is 36.2 Å². The predicted molar refractivity (Wildman–Crippen MR) is 263 cm³/mol. The van der Waals surface area contributed by atoms with Crippen LogP contribution in [0.15, 0.2) is 136 Å². The van der Waals surface area contributed by atoms with E-state index in [1.54, 1.807) is 18.2 Å². The molecule has 7 rings (SSSR count). The minimum absolute atomic E-state index is 0.0370. The number of anilines is 4. The summed E-state index contributed by atoms with van der Waals surface area (Å²) in [5.41, 5.74) is 1.21. The standard InChI is InChI=1S/C47H48ClF3N5O6PS3/c1-31(2)56-32(3)43(46(57)62-30-63(58)59)44(45(56)33-12-14-35(48)15-13-33)34-8-7-9-38(28-34)55-25-23-54(24-26-55)37-18-16-36(17-19-37)53-65-40-20-21-41(42(29-40)66(60,61)47(49,50)51)52-22-27-64-39-10-5-4-6-11-39/h4-21,28-29,31,52-53,58-59H,22-27,30H2,1-3H3. The molecule has 348 valence electrons. The first-order valence-electron chi connectivity index (χ1n) is 20.9. The number of hydrogen-bond donors (Lipinski definition) is 4. The van der Waals surface area contributed by atoms with Gasteiger partial charge in [-0.25, -0.2) is 13.2 Å². The third-order valence-corrected chi connectivity index (χ3v) is 14.9. The van der Waals surface area contributed by atoms with Crippen LogP contribution in [0.3, 0.4) is 0 Å². The first kappa shape index (κ1) is 49.0. The van der Waals surface area contributed by atoms with Gasteiger partial charge in [-0.15, -0.1) is 11.8 Å². The van der Waals surface area contributed by atoms with Crippen LogP contribution in [0.4, 0.5) is 35.9 Å². The quantitative estimate of drug-likeness (QED) is 0.0228. The molecule has 19 heteroatoms. The average Bonchev–Trinajstić information content (AvgIpc) is 3.62. The zero-order valence-corrected chi connectivity index (χ0v) is 40.2. The van der Waals surface area contributed by atoms with Crippen molar-refractivity contribution in [3.63, 3.8) is 0 Å². The average molecular weight is 999 g/mol. The highest BCUT2D eigenvalue weighted by molar-refractivity contribution is 8.00. The summed E-state index contributed by atoms with van der Waals surface area (Å²) in [7, 11) is -8.09. The molecule has 0 radical (unpaired) electrons. The smallest absolute Gasteiger partial charge is 0.452 e. The number of hydrogen-bond acceptors (Lipinski definition) is 12. The summed E-state index contributed by atoms with van der Waals surface area (Å²) in [6, 6.07) is 36.5. The summed E-state index contributed by atoms with van der Waals surface area (Å²) >= 11 is 8.80. The minimum atomic E-state index is -5.64. The number of alkyl halides is 3. The molecular formula is C47H48ClF3N5O6PS3. The first-order chi connectivity index (χ1) is 31.5. The fraction of sp³-hybridized carbons (Fsp3) is 0.255. The van der Waals surface area contributed by atoms with Crippen molar-refractivity contribution in [1.29, 1.82) is 0 Å². The number of carbonyl (C=O) groups excluding carboxylic acids is 1. The zero-order chi connectivity index (χ0) is 47.2. The summed E-state index contributed by atoms with van der Waals surface area (Å²) in [5, 5.41) is 3.45. The van der Waals surface area contributed by atoms with Crippen molar-refractivity contribution in [3.8, 4) is 22.4 Å². The third-order valence-electron chi connectivity index (χ3n) is 10.9. The van der Waals surface area contributed by atoms with Gasteiger partial charge in [-0.2, -0.15) is 13.2 Å². The van der Waals surface area contributed by atoms with Crippen LogP contribution in [0.1, 0.15) is 35.9 Å². The zero-order valence-electron chi connectivity index (χ0n) is 36.1. The van der Waals surface area contributed by atoms with Gasteiger partial charge in [-0.05, 0) is 123 Å². The van der Waals surface area contributed by atoms with Gasteiger partial charge >= 0.3 is 11.5 Å². The second-order valence-electron chi connectivity index (χ2n) is 15.6. The van der Waals surface area contributed by atoms with Crippen LogP contribution in [-0.2, 0) is 14.6 Å². The van der Waals surface area contributed by atoms with Crippen LogP contribution in [0.25, 0.3) is 22.4 Å². The maximum absolute atomic E-state index is 13.8. The molecule has 2 heterocycles. The number of piperazine rings is 1. The Morgan fingerprint density at radius 1 is 0.833 bits per heavy atom. The Kier molecular flexibility index (Phi) is 15.9. The van der Waals surface area contributed by atoms with Gasteiger partial charge in [-0.1, -0.05) is 54.1 Å². The lowest BCUT2D eigenvalue weighted by Crippen LogP contribution is -2.46. The van der Waals surface area contributed by atoms with Gasteiger partial charge in [0.05, 0.1) is 16.9 Å². The lowest BCUT2D eigenvalue weighted by atomic mass is 9.96. The fourth-order valence-corrected chi connectivity index (χ4v) is 10.7. The lowest BCUT2D eigenvalue weighted by molar-refractivity contribution is -0.0435. The predicted octanol–water partition coefficient (Wildman–Crippen LogP) is 11.7. The highest BCUT2D eigenvalue weighted by atomic mass is 35.5. The number of halogens is 4. The minimum Gasteiger partial charge on any atom is -0.452 e. The molecule has 0 saturated carbocycles. The third kappa shape index (κ3) is 11.4. The molecule has 5 aromatic carbocycles. The topological polar surface area (TPSA) is 136 Å². The summed E-state index contributed by atoms with van der Waals surface area (Å²) in [6.07, 6.45) is -0.509. The number of thioether (sulfide) groups is 1. The van der Waals surface area contributed by atoms with Crippen LogP contribution in [0.2, 0.25) is 5.02 Å². The second-order valence-corrected chi connectivity index (χ2v) is 21.0. The first-order valence-corrected chi connectivity index (χ1v) is 25.9. The van der Waals surface area contributed by atoms with Crippen LogP contribution < -0.4 is 19.8 Å². The van der Waals surface area contributed by atoms with Gasteiger partial charge in [0.1, 0.15) is 4.90 Å². The van der Waals surface area contributed by atoms with Crippen molar-refractivity contribution in [1.82, 2.24) is 4.57 Å². The Labute approximate surface area is 397 Å². The van der Waals surface area contributed by atoms with Crippen molar-refractivity contribution >= 4 is 82.2 Å². The Balaban J connectivity index is 1.03. The summed E-state index contributed by atoms with van der Waals surface area (Å²) in [6.45, 7) is 8.98. The largest absolute Gasteiger partial charge is 0.501 e. The molecule has 1 aliphatic heterocycles. The molecule has 0 bridgehead atoms. The lowest BCUT2D eigenvalue weighted by Gasteiger charge is -2.37. The molecule has 0 atom stereocenters. The van der Waals surface area contributed by atoms with Crippen molar-refractivity contribution in [2.24, 2.45) is 0 Å². The molecule has 11 nitrogen and oxygen atoms in total. The van der Waals surface area contributed by atoms with Gasteiger partial charge in [-0.3, -0.25) is 0 Å². The van der Waals surface area contributed by atoms with E-state index < -0.39 is 40.9 Å². The molecule has 0 aliphatic carbocycles. The molecule has 1 saturated heterocycles. The number of esters is 1. The Hall–Kier alpha value is -4.87. The SMILES string of the molecule is Cc1c(C(=O)OCP(O)O)c(-c2cccc(N3CCN(c4ccc(NSc5ccc(NCCSc6ccccc6)c(S(=O)(=O)C(F)(F)F)c5)cc4)CC3)c2)c(-c2ccc(Cl)cc2)n1C(C)C. The highest BCUT2D eigenvalue weighted by Crippen LogP contribution is 2.43. The van der Waals surface area contributed by atoms with Gasteiger partial charge in [0, 0.05) is 87.7 Å². The van der Waals surface area contributed by atoms with E-state index in [-0.39, 0.29) is 18.3 Å². The maximum atomic E-state index is 13.8. The van der Waals surface area contributed by atoms with Gasteiger partial charge in [0.25, 0.3) is 9.84 Å². The van der Waals surface area contributed by atoms with Gasteiger partial charge in [0.2, 0.25) is 8.38 Å². The van der Waals surface area contributed by atoms with E-state index in [0.717, 1.165) is 51.1 Å². The van der Waals surface area contributed by atoms with E-state index in [1.165, 1.54) is 17.8 Å². The summed E-state index contributed by atoms with van der Waals surface area (Å²) in [5.74, 6) is -0.137. The molecule has 66 heavy (non-hydrogen) atoms. The molecule has 4 N–H and O–H groups in total. The van der Waals surface area contributed by atoms with Crippen LogP contribution in [0, 0.1) is 6.92 Å². The molecule has 1 fully saturated rings. The van der Waals surface area contributed by atoms with E-state index in [2.05, 4.69) is 30.5 Å². The van der Waals surface area contributed by atoms with E-state index in [0.29, 0.717) is 64.4 Å². The number of nitrogens with one attached hydrogen (secondary N) is 2. The Morgan fingerprint density at radius 3 is 2.14 bits per heavy atom. The monoisotopic (exact) mass is 997 g/mol. The molecule has 0 spiro atoms. The molecule has 1 aliphatic rings. The molecule has 0 unspecified atom stereocenters. The molecular weight excluding hydrogens is 950 g/mol. The fourth-order valence-electron chi connectivity index (χ4n) is 7.83.